The number of likely N-dealkylation sites (N-methyl/N-ethyl adjacent to an activating group) is 1. The standard InChI is InChI=1S/C16H22N2O5/c1-11(19)18(3)10-14(20)17-16(2,9-15(21)22)12-6-5-7-13(8-12)23-4/h5-8H,9-10H2,1-4H3,(H,17,20)(H,21,22). The number of aliphatic carboxylic acids is 1. The van der Waals surface area contributed by atoms with E-state index in [0.717, 1.165) is 0 Å². The van der Waals surface area contributed by atoms with E-state index in [1.54, 1.807) is 31.2 Å². The number of nitrogens with zero attached hydrogens (tertiary/aromatic N) is 1. The molecule has 0 aliphatic rings. The number of ether oxygens (including phenoxy) is 1. The number of benzene rings is 1. The Hall–Kier alpha value is -2.57. The lowest BCUT2D eigenvalue weighted by molar-refractivity contribution is -0.140. The van der Waals surface area contributed by atoms with Crippen LogP contribution in [0.4, 0.5) is 0 Å². The Morgan fingerprint density at radius 3 is 2.52 bits per heavy atom. The number of hydrogen-bond acceptors (Lipinski definition) is 4. The van der Waals surface area contributed by atoms with E-state index in [4.69, 9.17) is 4.74 Å². The van der Waals surface area contributed by atoms with Crippen LogP contribution in [0.15, 0.2) is 24.3 Å². The number of carbonyl (C=O) groups excluding carboxylic acids is 2. The molecule has 0 spiro atoms. The van der Waals surface area contributed by atoms with E-state index in [9.17, 15) is 19.5 Å². The van der Waals surface area contributed by atoms with Gasteiger partial charge in [-0.05, 0) is 24.6 Å². The molecule has 1 unspecified atom stereocenters. The molecule has 0 saturated carbocycles. The molecule has 1 atom stereocenters. The lowest BCUT2D eigenvalue weighted by Gasteiger charge is -2.31. The maximum atomic E-state index is 12.2. The smallest absolute Gasteiger partial charge is 0.306 e. The van der Waals surface area contributed by atoms with Crippen LogP contribution >= 0.6 is 0 Å². The Labute approximate surface area is 135 Å². The van der Waals surface area contributed by atoms with Crippen LogP contribution in [0.25, 0.3) is 0 Å². The van der Waals surface area contributed by atoms with Gasteiger partial charge < -0.3 is 20.1 Å². The zero-order chi connectivity index (χ0) is 17.6. The highest BCUT2D eigenvalue weighted by atomic mass is 16.5. The van der Waals surface area contributed by atoms with E-state index < -0.39 is 17.4 Å². The average molecular weight is 322 g/mol. The van der Waals surface area contributed by atoms with Crippen molar-refractivity contribution in [1.29, 1.82) is 0 Å². The fraction of sp³-hybridized carbons (Fsp3) is 0.438. The van der Waals surface area contributed by atoms with Gasteiger partial charge in [-0.15, -0.1) is 0 Å². The van der Waals surface area contributed by atoms with Crippen LogP contribution in [0.1, 0.15) is 25.8 Å². The zero-order valence-corrected chi connectivity index (χ0v) is 13.8. The summed E-state index contributed by atoms with van der Waals surface area (Å²) >= 11 is 0. The van der Waals surface area contributed by atoms with Crippen LogP contribution in [0.3, 0.4) is 0 Å². The molecule has 7 heteroatoms. The molecule has 1 rings (SSSR count). The predicted octanol–water partition coefficient (Wildman–Crippen LogP) is 0.980. The third kappa shape index (κ3) is 5.28. The molecule has 2 N–H and O–H groups in total. The van der Waals surface area contributed by atoms with E-state index in [0.29, 0.717) is 11.3 Å². The summed E-state index contributed by atoms with van der Waals surface area (Å²) in [6.45, 7) is 2.84. The van der Waals surface area contributed by atoms with Crippen molar-refractivity contribution >= 4 is 17.8 Å². The Morgan fingerprint density at radius 2 is 2.00 bits per heavy atom. The predicted molar refractivity (Wildman–Crippen MR) is 84.1 cm³/mol. The first-order valence-electron chi connectivity index (χ1n) is 7.07. The molecule has 126 valence electrons. The summed E-state index contributed by atoms with van der Waals surface area (Å²) in [5.41, 5.74) is -0.507. The largest absolute Gasteiger partial charge is 0.497 e. The van der Waals surface area contributed by atoms with Crippen molar-refractivity contribution in [2.45, 2.75) is 25.8 Å². The molecular formula is C16H22N2O5. The Kier molecular flexibility index (Phi) is 6.12. The van der Waals surface area contributed by atoms with Gasteiger partial charge in [-0.25, -0.2) is 0 Å². The second kappa shape index (κ2) is 7.62. The minimum absolute atomic E-state index is 0.144. The Bertz CT molecular complexity index is 602. The number of methoxy groups -OCH3 is 1. The third-order valence-electron chi connectivity index (χ3n) is 3.55. The molecular weight excluding hydrogens is 300 g/mol. The monoisotopic (exact) mass is 322 g/mol. The molecule has 1 aromatic carbocycles. The Morgan fingerprint density at radius 1 is 1.35 bits per heavy atom. The number of amides is 2. The number of carbonyl (C=O) groups is 3. The van der Waals surface area contributed by atoms with Crippen LogP contribution in [0.5, 0.6) is 5.75 Å². The van der Waals surface area contributed by atoms with Crippen molar-refractivity contribution < 1.29 is 24.2 Å². The maximum Gasteiger partial charge on any atom is 0.306 e. The first-order valence-corrected chi connectivity index (χ1v) is 7.07. The summed E-state index contributed by atoms with van der Waals surface area (Å²) in [6.07, 6.45) is -0.296. The number of hydrogen-bond donors (Lipinski definition) is 2. The van der Waals surface area contributed by atoms with Gasteiger partial charge in [0.1, 0.15) is 5.75 Å². The highest BCUT2D eigenvalue weighted by molar-refractivity contribution is 5.84. The molecule has 0 saturated heterocycles. The van der Waals surface area contributed by atoms with Crippen molar-refractivity contribution in [2.24, 2.45) is 0 Å². The lowest BCUT2D eigenvalue weighted by atomic mass is 9.88. The van der Waals surface area contributed by atoms with Crippen molar-refractivity contribution in [3.63, 3.8) is 0 Å². The topological polar surface area (TPSA) is 95.9 Å². The second-order valence-electron chi connectivity index (χ2n) is 5.56. The second-order valence-corrected chi connectivity index (χ2v) is 5.56. The molecule has 0 heterocycles. The van der Waals surface area contributed by atoms with E-state index >= 15 is 0 Å². The lowest BCUT2D eigenvalue weighted by Crippen LogP contribution is -2.48. The fourth-order valence-electron chi connectivity index (χ4n) is 2.16. The van der Waals surface area contributed by atoms with Gasteiger partial charge in [0.25, 0.3) is 0 Å². The number of carboxylic acids is 1. The van der Waals surface area contributed by atoms with Crippen LogP contribution < -0.4 is 10.1 Å². The minimum atomic E-state index is -1.12. The van der Waals surface area contributed by atoms with Crippen LogP contribution in [-0.2, 0) is 19.9 Å². The van der Waals surface area contributed by atoms with Crippen molar-refractivity contribution in [3.8, 4) is 5.75 Å². The van der Waals surface area contributed by atoms with E-state index in [-0.39, 0.29) is 18.9 Å². The highest BCUT2D eigenvalue weighted by Gasteiger charge is 2.32. The van der Waals surface area contributed by atoms with Gasteiger partial charge in [0.2, 0.25) is 11.8 Å². The summed E-state index contributed by atoms with van der Waals surface area (Å²) in [7, 11) is 3.01. The van der Waals surface area contributed by atoms with Gasteiger partial charge in [-0.3, -0.25) is 14.4 Å². The van der Waals surface area contributed by atoms with E-state index in [2.05, 4.69) is 5.32 Å². The van der Waals surface area contributed by atoms with Gasteiger partial charge in [0, 0.05) is 14.0 Å². The zero-order valence-electron chi connectivity index (χ0n) is 13.8. The summed E-state index contributed by atoms with van der Waals surface area (Å²) in [6, 6.07) is 6.86. The normalized spacial score (nSPS) is 12.9. The molecule has 0 aliphatic heterocycles. The molecule has 0 fully saturated rings. The molecule has 0 radical (unpaired) electrons. The van der Waals surface area contributed by atoms with Crippen molar-refractivity contribution in [2.75, 3.05) is 20.7 Å². The van der Waals surface area contributed by atoms with Crippen LogP contribution in [0.2, 0.25) is 0 Å². The van der Waals surface area contributed by atoms with Gasteiger partial charge in [-0.2, -0.15) is 0 Å². The van der Waals surface area contributed by atoms with Crippen LogP contribution in [-0.4, -0.2) is 48.5 Å². The quantitative estimate of drug-likeness (QED) is 0.780. The van der Waals surface area contributed by atoms with Gasteiger partial charge in [-0.1, -0.05) is 12.1 Å². The minimum Gasteiger partial charge on any atom is -0.497 e. The summed E-state index contributed by atoms with van der Waals surface area (Å²) in [5, 5.41) is 11.9. The van der Waals surface area contributed by atoms with E-state index in [1.807, 2.05) is 0 Å². The molecule has 1 aromatic rings. The summed E-state index contributed by atoms with van der Waals surface area (Å²) < 4.78 is 5.14. The van der Waals surface area contributed by atoms with Gasteiger partial charge in [0.05, 0.1) is 25.6 Å². The third-order valence-corrected chi connectivity index (χ3v) is 3.55. The van der Waals surface area contributed by atoms with Crippen molar-refractivity contribution in [1.82, 2.24) is 10.2 Å². The van der Waals surface area contributed by atoms with Gasteiger partial charge >= 0.3 is 5.97 Å². The molecule has 7 nitrogen and oxygen atoms in total. The number of nitrogens with one attached hydrogen (secondary N) is 1. The molecule has 0 aliphatic carbocycles. The first kappa shape index (κ1) is 18.5. The average Bonchev–Trinajstić information content (AvgIpc) is 2.45. The SMILES string of the molecule is COc1cccc(C(C)(CC(=O)O)NC(=O)CN(C)C(C)=O)c1. The van der Waals surface area contributed by atoms with E-state index in [1.165, 1.54) is 26.0 Å². The molecule has 23 heavy (non-hydrogen) atoms. The Balaban J connectivity index is 3.04. The van der Waals surface area contributed by atoms with Crippen molar-refractivity contribution in [3.05, 3.63) is 29.8 Å². The first-order chi connectivity index (χ1) is 10.7. The summed E-state index contributed by atoms with van der Waals surface area (Å²) in [4.78, 5) is 35.8. The number of carboxylic acid groups (broad SMARTS) is 1. The fourth-order valence-corrected chi connectivity index (χ4v) is 2.16. The molecule has 0 bridgehead atoms. The number of rotatable bonds is 7. The highest BCUT2D eigenvalue weighted by Crippen LogP contribution is 2.27. The van der Waals surface area contributed by atoms with Crippen LogP contribution in [0, 0.1) is 0 Å². The van der Waals surface area contributed by atoms with Gasteiger partial charge in [0.15, 0.2) is 0 Å². The molecule has 2 amide bonds. The molecule has 0 aromatic heterocycles. The maximum absolute atomic E-state index is 12.2. The summed E-state index contributed by atoms with van der Waals surface area (Å²) in [5.74, 6) is -1.17.